The molecule has 14 heteroatoms. The van der Waals surface area contributed by atoms with Gasteiger partial charge in [0.15, 0.2) is 5.65 Å². The molecule has 226 valence electrons. The smallest absolute Gasteiger partial charge is 0.355 e. The molecule has 2 N–H and O–H groups in total. The largest absolute Gasteiger partial charge is 0.393 e. The predicted molar refractivity (Wildman–Crippen MR) is 142 cm³/mol. The summed E-state index contributed by atoms with van der Waals surface area (Å²) in [4.78, 5) is 30.4. The summed E-state index contributed by atoms with van der Waals surface area (Å²) in [6.07, 6.45) is -0.512. The van der Waals surface area contributed by atoms with Crippen molar-refractivity contribution in [1.29, 1.82) is 0 Å². The van der Waals surface area contributed by atoms with Crippen LogP contribution < -0.4 is 10.6 Å². The van der Waals surface area contributed by atoms with E-state index in [9.17, 15) is 31.5 Å². The highest BCUT2D eigenvalue weighted by Crippen LogP contribution is 2.41. The highest BCUT2D eigenvalue weighted by Gasteiger charge is 2.45. The molecule has 0 bridgehead atoms. The van der Waals surface area contributed by atoms with Crippen LogP contribution in [-0.4, -0.2) is 54.8 Å². The fourth-order valence-electron chi connectivity index (χ4n) is 5.86. The van der Waals surface area contributed by atoms with Gasteiger partial charge in [0.1, 0.15) is 5.69 Å². The average Bonchev–Trinajstić information content (AvgIpc) is 3.58. The van der Waals surface area contributed by atoms with Crippen LogP contribution in [0.25, 0.3) is 11.7 Å². The van der Waals surface area contributed by atoms with Crippen molar-refractivity contribution in [3.8, 4) is 0 Å². The fourth-order valence-corrected chi connectivity index (χ4v) is 5.86. The summed E-state index contributed by atoms with van der Waals surface area (Å²) in [6.45, 7) is 5.63. The van der Waals surface area contributed by atoms with Crippen molar-refractivity contribution in [3.05, 3.63) is 53.8 Å². The molecule has 42 heavy (non-hydrogen) atoms. The number of rotatable bonds is 8. The molecule has 0 spiro atoms. The van der Waals surface area contributed by atoms with Crippen LogP contribution in [0.5, 0.6) is 0 Å². The predicted octanol–water partition coefficient (Wildman–Crippen LogP) is 4.74. The second-order valence-electron chi connectivity index (χ2n) is 11.0. The maximum Gasteiger partial charge on any atom is 0.393 e. The second kappa shape index (κ2) is 11.4. The number of imidazole rings is 1. The van der Waals surface area contributed by atoms with Gasteiger partial charge in [-0.05, 0) is 44.2 Å². The number of carbonyl (C=O) groups is 2. The molecule has 1 aliphatic heterocycles. The number of amides is 2. The Kier molecular flexibility index (Phi) is 8.08. The van der Waals surface area contributed by atoms with Crippen LogP contribution in [0.1, 0.15) is 72.5 Å². The number of aryl methyl sites for hydroxylation is 1. The van der Waals surface area contributed by atoms with E-state index in [1.807, 2.05) is 6.92 Å². The summed E-state index contributed by atoms with van der Waals surface area (Å²) >= 11 is 0. The summed E-state index contributed by atoms with van der Waals surface area (Å²) in [7, 11) is 0. The second-order valence-corrected chi connectivity index (χ2v) is 11.0. The molecule has 5 rings (SSSR count). The van der Waals surface area contributed by atoms with Gasteiger partial charge in [-0.25, -0.2) is 18.3 Å². The first-order valence-electron chi connectivity index (χ1n) is 13.9. The Bertz CT molecular complexity index is 1470. The molecule has 1 saturated carbocycles. The van der Waals surface area contributed by atoms with Gasteiger partial charge in [0, 0.05) is 50.0 Å². The zero-order valence-corrected chi connectivity index (χ0v) is 23.0. The number of carbonyl (C=O) groups excluding carboxylic acids is 2. The minimum atomic E-state index is -4.43. The Labute approximate surface area is 238 Å². The standard InChI is InChI=1S/C28H32F5N7O2/c1-3-16-13-23-36-21(15-40(23)38-20(16)12-18-11-19(28(31,32)33)14-34-25(18)41)24(17-5-8-27(29,30)9-6-17)37-26(42)22-7-10-35-39(22)4-2/h3,7,10,13,15,17-19,24H,1,4-6,8-9,11-12,14H2,2H3,(H,34,41)(H,37,42)/t18-,19-,24+/m1/s1. The van der Waals surface area contributed by atoms with Gasteiger partial charge in [-0.2, -0.15) is 23.4 Å². The minimum Gasteiger partial charge on any atom is -0.355 e. The van der Waals surface area contributed by atoms with Crippen molar-refractivity contribution in [3.63, 3.8) is 0 Å². The van der Waals surface area contributed by atoms with Crippen LogP contribution >= 0.6 is 0 Å². The molecular formula is C28H32F5N7O2. The molecule has 2 amide bonds. The van der Waals surface area contributed by atoms with Crippen LogP contribution in [0, 0.1) is 17.8 Å². The van der Waals surface area contributed by atoms with Gasteiger partial charge in [0.05, 0.1) is 29.5 Å². The zero-order valence-electron chi connectivity index (χ0n) is 23.0. The van der Waals surface area contributed by atoms with Crippen molar-refractivity contribution in [2.75, 3.05) is 6.54 Å². The maximum atomic E-state index is 14.0. The van der Waals surface area contributed by atoms with Gasteiger partial charge >= 0.3 is 6.18 Å². The number of aromatic nitrogens is 5. The molecule has 9 nitrogen and oxygen atoms in total. The summed E-state index contributed by atoms with van der Waals surface area (Å²) in [6, 6.07) is 2.52. The zero-order chi connectivity index (χ0) is 30.2. The molecule has 0 unspecified atom stereocenters. The van der Waals surface area contributed by atoms with E-state index in [2.05, 4.69) is 32.4 Å². The number of nitrogens with zero attached hydrogens (tertiary/aromatic N) is 5. The van der Waals surface area contributed by atoms with E-state index in [4.69, 9.17) is 0 Å². The van der Waals surface area contributed by atoms with E-state index in [1.165, 1.54) is 21.5 Å². The third-order valence-corrected chi connectivity index (χ3v) is 8.25. The quantitative estimate of drug-likeness (QED) is 0.367. The van der Waals surface area contributed by atoms with Crippen molar-refractivity contribution < 1.29 is 31.5 Å². The first-order valence-corrected chi connectivity index (χ1v) is 13.9. The molecule has 1 saturated heterocycles. The molecule has 1 aliphatic carbocycles. The average molecular weight is 594 g/mol. The van der Waals surface area contributed by atoms with Crippen LogP contribution in [0.2, 0.25) is 0 Å². The van der Waals surface area contributed by atoms with E-state index in [1.54, 1.807) is 18.3 Å². The molecule has 2 fully saturated rings. The normalized spacial score (nSPS) is 22.1. The van der Waals surface area contributed by atoms with Gasteiger partial charge < -0.3 is 10.6 Å². The van der Waals surface area contributed by atoms with Crippen LogP contribution in [0.3, 0.4) is 0 Å². The van der Waals surface area contributed by atoms with Gasteiger partial charge in [-0.15, -0.1) is 0 Å². The summed E-state index contributed by atoms with van der Waals surface area (Å²) in [5.41, 5.74) is 1.99. The number of alkyl halides is 5. The lowest BCUT2D eigenvalue weighted by molar-refractivity contribution is -0.183. The number of hydrogen-bond acceptors (Lipinski definition) is 5. The molecule has 4 heterocycles. The number of piperidine rings is 1. The number of nitrogens with one attached hydrogen (secondary N) is 2. The number of hydrogen-bond donors (Lipinski definition) is 2. The van der Waals surface area contributed by atoms with Crippen molar-refractivity contribution >= 4 is 23.5 Å². The minimum absolute atomic E-state index is 0.0396. The van der Waals surface area contributed by atoms with E-state index < -0.39 is 48.3 Å². The lowest BCUT2D eigenvalue weighted by atomic mass is 9.81. The lowest BCUT2D eigenvalue weighted by Gasteiger charge is -2.33. The van der Waals surface area contributed by atoms with E-state index in [-0.39, 0.29) is 44.4 Å². The first-order chi connectivity index (χ1) is 19.9. The molecule has 3 aromatic heterocycles. The van der Waals surface area contributed by atoms with Crippen LogP contribution in [0.4, 0.5) is 22.0 Å². The third-order valence-electron chi connectivity index (χ3n) is 8.25. The van der Waals surface area contributed by atoms with E-state index in [0.29, 0.717) is 34.8 Å². The highest BCUT2D eigenvalue weighted by atomic mass is 19.4. The Balaban J connectivity index is 1.46. The monoisotopic (exact) mass is 593 g/mol. The van der Waals surface area contributed by atoms with Crippen molar-refractivity contribution in [2.24, 2.45) is 17.8 Å². The van der Waals surface area contributed by atoms with Crippen molar-refractivity contribution in [1.82, 2.24) is 35.0 Å². The summed E-state index contributed by atoms with van der Waals surface area (Å²) < 4.78 is 71.1. The Hall–Kier alpha value is -3.84. The van der Waals surface area contributed by atoms with Gasteiger partial charge in [0.25, 0.3) is 5.91 Å². The molecular weight excluding hydrogens is 561 g/mol. The number of halogens is 5. The lowest BCUT2D eigenvalue weighted by Crippen LogP contribution is -2.47. The Morgan fingerprint density at radius 3 is 2.71 bits per heavy atom. The van der Waals surface area contributed by atoms with Crippen LogP contribution in [-0.2, 0) is 17.8 Å². The molecule has 2 aliphatic rings. The Morgan fingerprint density at radius 1 is 1.31 bits per heavy atom. The molecule has 3 atom stereocenters. The number of fused-ring (bicyclic) bond motifs is 1. The molecule has 0 radical (unpaired) electrons. The Morgan fingerprint density at radius 2 is 2.05 bits per heavy atom. The van der Waals surface area contributed by atoms with Crippen molar-refractivity contribution in [2.45, 2.75) is 70.1 Å². The maximum absolute atomic E-state index is 14.0. The SMILES string of the molecule is C=Cc1cc2nc([C@@H](NC(=O)c3ccnn3CC)C3CCC(F)(F)CC3)cn2nc1C[C@H]1C[C@@H](C(F)(F)F)CNC1=O. The van der Waals surface area contributed by atoms with Crippen LogP contribution in [0.15, 0.2) is 31.1 Å². The van der Waals surface area contributed by atoms with E-state index in [0.717, 1.165) is 0 Å². The molecule has 3 aromatic rings. The summed E-state index contributed by atoms with van der Waals surface area (Å²) in [5.74, 6) is -6.56. The highest BCUT2D eigenvalue weighted by molar-refractivity contribution is 5.92. The fraction of sp³-hybridized carbons (Fsp3) is 0.536. The third kappa shape index (κ3) is 6.16. The first kappa shape index (κ1) is 29.6. The van der Waals surface area contributed by atoms with Gasteiger partial charge in [-0.1, -0.05) is 12.7 Å². The summed E-state index contributed by atoms with van der Waals surface area (Å²) in [5, 5.41) is 14.0. The van der Waals surface area contributed by atoms with E-state index >= 15 is 0 Å². The van der Waals surface area contributed by atoms with Gasteiger partial charge in [-0.3, -0.25) is 14.3 Å². The van der Waals surface area contributed by atoms with Gasteiger partial charge in [0.2, 0.25) is 11.8 Å². The molecule has 0 aromatic carbocycles. The topological polar surface area (TPSA) is 106 Å².